The average Bonchev–Trinajstić information content (AvgIpc) is 2.41. The number of benzene rings is 2. The van der Waals surface area contributed by atoms with Crippen molar-refractivity contribution in [2.75, 3.05) is 11.1 Å². The van der Waals surface area contributed by atoms with E-state index >= 15 is 0 Å². The van der Waals surface area contributed by atoms with Crippen LogP contribution in [0.15, 0.2) is 54.6 Å². The van der Waals surface area contributed by atoms with Gasteiger partial charge in [-0.2, -0.15) is 0 Å². The van der Waals surface area contributed by atoms with Crippen LogP contribution in [-0.2, 0) is 4.79 Å². The first-order valence-electron chi connectivity index (χ1n) is 6.42. The van der Waals surface area contributed by atoms with Crippen LogP contribution in [0.25, 0.3) is 0 Å². The molecule has 0 aliphatic rings. The molecule has 19 heavy (non-hydrogen) atoms. The molecule has 0 aromatic heterocycles. The molecule has 0 aliphatic carbocycles. The summed E-state index contributed by atoms with van der Waals surface area (Å²) in [6.45, 7) is 2.01. The number of rotatable bonds is 4. The molecule has 2 aromatic rings. The van der Waals surface area contributed by atoms with Gasteiger partial charge < -0.3 is 11.1 Å². The van der Waals surface area contributed by atoms with Gasteiger partial charge in [0.05, 0.1) is 5.92 Å². The highest BCUT2D eigenvalue weighted by Crippen LogP contribution is 2.22. The summed E-state index contributed by atoms with van der Waals surface area (Å²) >= 11 is 0. The summed E-state index contributed by atoms with van der Waals surface area (Å²) in [6, 6.07) is 17.0. The molecular formula is C16H18N2O. The maximum Gasteiger partial charge on any atom is 0.231 e. The van der Waals surface area contributed by atoms with E-state index in [1.54, 1.807) is 12.1 Å². The Balaban J connectivity index is 2.14. The second kappa shape index (κ2) is 6.05. The summed E-state index contributed by atoms with van der Waals surface area (Å²) in [5.41, 5.74) is 8.12. The van der Waals surface area contributed by atoms with Gasteiger partial charge >= 0.3 is 0 Å². The molecule has 0 saturated heterocycles. The first-order chi connectivity index (χ1) is 9.20. The molecule has 98 valence electrons. The minimum atomic E-state index is -0.136. The van der Waals surface area contributed by atoms with Gasteiger partial charge in [0.15, 0.2) is 0 Å². The molecule has 1 amide bonds. The largest absolute Gasteiger partial charge is 0.399 e. The minimum absolute atomic E-state index is 0.000648. The van der Waals surface area contributed by atoms with Gasteiger partial charge in [0.1, 0.15) is 0 Å². The third-order valence-electron chi connectivity index (χ3n) is 3.08. The van der Waals surface area contributed by atoms with E-state index in [0.29, 0.717) is 5.69 Å². The minimum Gasteiger partial charge on any atom is -0.399 e. The molecule has 0 radical (unpaired) electrons. The fraction of sp³-hybridized carbons (Fsp3) is 0.188. The third-order valence-corrected chi connectivity index (χ3v) is 3.08. The number of amides is 1. The van der Waals surface area contributed by atoms with Crippen molar-refractivity contribution in [1.29, 1.82) is 0 Å². The Hall–Kier alpha value is -2.29. The number of carbonyl (C=O) groups excluding carboxylic acids is 1. The topological polar surface area (TPSA) is 55.1 Å². The Morgan fingerprint density at radius 1 is 1.16 bits per heavy atom. The number of nitrogen functional groups attached to an aromatic ring is 1. The monoisotopic (exact) mass is 254 g/mol. The summed E-state index contributed by atoms with van der Waals surface area (Å²) in [6.07, 6.45) is 0.762. The second-order valence-corrected chi connectivity index (χ2v) is 4.49. The van der Waals surface area contributed by atoms with Crippen molar-refractivity contribution in [3.8, 4) is 0 Å². The Kier molecular flexibility index (Phi) is 4.18. The molecule has 3 nitrogen and oxygen atoms in total. The fourth-order valence-corrected chi connectivity index (χ4v) is 2.10. The Bertz CT molecular complexity index is 552. The number of hydrogen-bond acceptors (Lipinski definition) is 2. The molecule has 0 saturated carbocycles. The van der Waals surface area contributed by atoms with Crippen molar-refractivity contribution >= 4 is 17.3 Å². The molecular weight excluding hydrogens is 236 g/mol. The van der Waals surface area contributed by atoms with E-state index < -0.39 is 0 Å². The van der Waals surface area contributed by atoms with Crippen molar-refractivity contribution in [2.24, 2.45) is 0 Å². The van der Waals surface area contributed by atoms with Crippen LogP contribution in [0.2, 0.25) is 0 Å². The molecule has 1 unspecified atom stereocenters. The molecule has 3 N–H and O–H groups in total. The molecule has 2 aromatic carbocycles. The number of nitrogens with one attached hydrogen (secondary N) is 1. The lowest BCUT2D eigenvalue weighted by Crippen LogP contribution is -2.20. The molecule has 0 fully saturated rings. The standard InChI is InChI=1S/C16H18N2O/c1-2-15(12-7-4-3-5-8-12)16(19)18-14-10-6-9-13(17)11-14/h3-11,15H,2,17H2,1H3,(H,18,19). The van der Waals surface area contributed by atoms with Crippen molar-refractivity contribution < 1.29 is 4.79 Å². The van der Waals surface area contributed by atoms with Gasteiger partial charge in [0, 0.05) is 11.4 Å². The molecule has 2 rings (SSSR count). The number of nitrogens with two attached hydrogens (primary N) is 1. The first kappa shape index (κ1) is 13.1. The van der Waals surface area contributed by atoms with E-state index in [9.17, 15) is 4.79 Å². The maximum atomic E-state index is 12.3. The normalized spacial score (nSPS) is 11.8. The van der Waals surface area contributed by atoms with E-state index in [1.165, 1.54) is 0 Å². The van der Waals surface area contributed by atoms with E-state index in [1.807, 2.05) is 49.4 Å². The highest BCUT2D eigenvalue weighted by Gasteiger charge is 2.18. The van der Waals surface area contributed by atoms with Gasteiger partial charge in [-0.3, -0.25) is 4.79 Å². The number of hydrogen-bond donors (Lipinski definition) is 2. The quantitative estimate of drug-likeness (QED) is 0.821. The third kappa shape index (κ3) is 3.35. The zero-order chi connectivity index (χ0) is 13.7. The van der Waals surface area contributed by atoms with Gasteiger partial charge in [-0.05, 0) is 30.2 Å². The predicted octanol–water partition coefficient (Wildman–Crippen LogP) is 3.40. The van der Waals surface area contributed by atoms with E-state index in [2.05, 4.69) is 5.32 Å². The van der Waals surface area contributed by atoms with Crippen molar-refractivity contribution in [3.63, 3.8) is 0 Å². The molecule has 0 spiro atoms. The summed E-state index contributed by atoms with van der Waals surface area (Å²) in [4.78, 5) is 12.3. The lowest BCUT2D eigenvalue weighted by atomic mass is 9.95. The van der Waals surface area contributed by atoms with Gasteiger partial charge in [0.25, 0.3) is 0 Å². The van der Waals surface area contributed by atoms with Crippen LogP contribution in [-0.4, -0.2) is 5.91 Å². The van der Waals surface area contributed by atoms with Crippen LogP contribution in [0.1, 0.15) is 24.8 Å². The molecule has 0 aliphatic heterocycles. The number of anilines is 2. The van der Waals surface area contributed by atoms with E-state index in [0.717, 1.165) is 17.7 Å². The highest BCUT2D eigenvalue weighted by molar-refractivity contribution is 5.96. The molecule has 0 heterocycles. The summed E-state index contributed by atoms with van der Waals surface area (Å²) in [5.74, 6) is -0.137. The van der Waals surface area contributed by atoms with Gasteiger partial charge in [0.2, 0.25) is 5.91 Å². The van der Waals surface area contributed by atoms with Crippen LogP contribution >= 0.6 is 0 Å². The van der Waals surface area contributed by atoms with Gasteiger partial charge in [-0.15, -0.1) is 0 Å². The summed E-state index contributed by atoms with van der Waals surface area (Å²) < 4.78 is 0. The van der Waals surface area contributed by atoms with E-state index in [-0.39, 0.29) is 11.8 Å². The van der Waals surface area contributed by atoms with Crippen LogP contribution in [0.4, 0.5) is 11.4 Å². The fourth-order valence-electron chi connectivity index (χ4n) is 2.10. The van der Waals surface area contributed by atoms with Crippen LogP contribution in [0.5, 0.6) is 0 Å². The predicted molar refractivity (Wildman–Crippen MR) is 79.0 cm³/mol. The first-order valence-corrected chi connectivity index (χ1v) is 6.42. The summed E-state index contributed by atoms with van der Waals surface area (Å²) in [7, 11) is 0. The van der Waals surface area contributed by atoms with Crippen LogP contribution in [0.3, 0.4) is 0 Å². The summed E-state index contributed by atoms with van der Waals surface area (Å²) in [5, 5.41) is 2.91. The SMILES string of the molecule is CCC(C(=O)Nc1cccc(N)c1)c1ccccc1. The van der Waals surface area contributed by atoms with Crippen LogP contribution in [0, 0.1) is 0 Å². The van der Waals surface area contributed by atoms with Crippen molar-refractivity contribution in [2.45, 2.75) is 19.3 Å². The Morgan fingerprint density at radius 3 is 2.53 bits per heavy atom. The van der Waals surface area contributed by atoms with Crippen LogP contribution < -0.4 is 11.1 Å². The molecule has 3 heteroatoms. The lowest BCUT2D eigenvalue weighted by Gasteiger charge is -2.15. The molecule has 0 bridgehead atoms. The Labute approximate surface area is 113 Å². The van der Waals surface area contributed by atoms with Gasteiger partial charge in [-0.25, -0.2) is 0 Å². The highest BCUT2D eigenvalue weighted by atomic mass is 16.1. The van der Waals surface area contributed by atoms with Crippen molar-refractivity contribution in [1.82, 2.24) is 0 Å². The smallest absolute Gasteiger partial charge is 0.231 e. The van der Waals surface area contributed by atoms with Crippen molar-refractivity contribution in [3.05, 3.63) is 60.2 Å². The zero-order valence-electron chi connectivity index (χ0n) is 11.0. The lowest BCUT2D eigenvalue weighted by molar-refractivity contribution is -0.117. The number of carbonyl (C=O) groups is 1. The Morgan fingerprint density at radius 2 is 1.89 bits per heavy atom. The van der Waals surface area contributed by atoms with E-state index in [4.69, 9.17) is 5.73 Å². The van der Waals surface area contributed by atoms with Gasteiger partial charge in [-0.1, -0.05) is 43.3 Å². The average molecular weight is 254 g/mol. The molecule has 1 atom stereocenters. The second-order valence-electron chi connectivity index (χ2n) is 4.49. The zero-order valence-corrected chi connectivity index (χ0v) is 11.0. The maximum absolute atomic E-state index is 12.3.